The summed E-state index contributed by atoms with van der Waals surface area (Å²) >= 11 is 6.36. The minimum Gasteiger partial charge on any atom is -0.445 e. The van der Waals surface area contributed by atoms with E-state index in [9.17, 15) is 13.2 Å². The van der Waals surface area contributed by atoms with E-state index in [-0.39, 0.29) is 41.5 Å². The fourth-order valence-electron chi connectivity index (χ4n) is 4.16. The lowest BCUT2D eigenvalue weighted by molar-refractivity contribution is 0.158. The number of alkyl carbamates (subject to hydrolysis) is 1. The highest BCUT2D eigenvalue weighted by molar-refractivity contribution is 7.86. The van der Waals surface area contributed by atoms with Crippen molar-refractivity contribution in [2.45, 2.75) is 31.1 Å². The summed E-state index contributed by atoms with van der Waals surface area (Å²) in [5.74, 6) is -0.526. The molecule has 0 radical (unpaired) electrons. The highest BCUT2D eigenvalue weighted by Crippen LogP contribution is 2.30. The summed E-state index contributed by atoms with van der Waals surface area (Å²) in [6, 6.07) is 18.5. The van der Waals surface area contributed by atoms with Crippen LogP contribution in [0.5, 0.6) is 0 Å². The van der Waals surface area contributed by atoms with Crippen molar-refractivity contribution in [3.63, 3.8) is 0 Å². The van der Waals surface area contributed by atoms with Gasteiger partial charge in [0.1, 0.15) is 12.4 Å². The van der Waals surface area contributed by atoms with Crippen LogP contribution in [0.15, 0.2) is 90.5 Å². The summed E-state index contributed by atoms with van der Waals surface area (Å²) in [7, 11) is -3.83. The Kier molecular flexibility index (Phi) is 11.0. The number of aryl methyl sites for hydroxylation is 1. The molecular weight excluding hydrogens is 607 g/mol. The summed E-state index contributed by atoms with van der Waals surface area (Å²) in [5, 5.41) is 5.95. The Morgan fingerprint density at radius 1 is 1.11 bits per heavy atom. The molecule has 0 aliphatic rings. The molecule has 0 fully saturated rings. The molecule has 1 amide bonds. The second kappa shape index (κ2) is 14.9. The Morgan fingerprint density at radius 3 is 2.52 bits per heavy atom. The molecular formula is C32H32ClFN4O5S. The molecule has 3 aromatic carbocycles. The third-order valence-corrected chi connectivity index (χ3v) is 8.19. The molecule has 1 aromatic heterocycles. The molecule has 0 saturated heterocycles. The van der Waals surface area contributed by atoms with E-state index in [0.717, 1.165) is 11.1 Å². The maximum Gasteiger partial charge on any atom is 0.407 e. The van der Waals surface area contributed by atoms with Crippen LogP contribution in [0, 0.1) is 12.7 Å². The molecule has 44 heavy (non-hydrogen) atoms. The molecule has 1 unspecified atom stereocenters. The zero-order valence-corrected chi connectivity index (χ0v) is 25.8. The minimum atomic E-state index is -3.83. The van der Waals surface area contributed by atoms with Gasteiger partial charge in [-0.25, -0.2) is 19.2 Å². The van der Waals surface area contributed by atoms with Gasteiger partial charge in [0.05, 0.1) is 28.4 Å². The van der Waals surface area contributed by atoms with Crippen molar-refractivity contribution >= 4 is 39.4 Å². The monoisotopic (exact) mass is 638 g/mol. The number of nitrogens with zero attached hydrogens (tertiary/aromatic N) is 2. The second-order valence-electron chi connectivity index (χ2n) is 9.96. The molecule has 12 heteroatoms. The van der Waals surface area contributed by atoms with E-state index in [2.05, 4.69) is 27.2 Å². The smallest absolute Gasteiger partial charge is 0.407 e. The first-order valence-corrected chi connectivity index (χ1v) is 15.5. The van der Waals surface area contributed by atoms with Crippen LogP contribution < -0.4 is 10.6 Å². The van der Waals surface area contributed by atoms with Gasteiger partial charge in [-0.1, -0.05) is 73.1 Å². The number of benzene rings is 3. The van der Waals surface area contributed by atoms with Gasteiger partial charge in [-0.2, -0.15) is 8.42 Å². The number of hydrogen-bond acceptors (Lipinski definition) is 8. The lowest BCUT2D eigenvalue weighted by atomic mass is 9.98. The number of halogens is 2. The molecule has 0 spiro atoms. The fraction of sp³-hybridized carbons (Fsp3) is 0.219. The molecule has 0 bridgehead atoms. The van der Waals surface area contributed by atoms with Crippen LogP contribution in [0.3, 0.4) is 0 Å². The predicted molar refractivity (Wildman–Crippen MR) is 168 cm³/mol. The van der Waals surface area contributed by atoms with Gasteiger partial charge in [0.2, 0.25) is 5.95 Å². The quantitative estimate of drug-likeness (QED) is 0.119. The van der Waals surface area contributed by atoms with E-state index in [0.29, 0.717) is 28.9 Å². The predicted octanol–water partition coefficient (Wildman–Crippen LogP) is 6.95. The van der Waals surface area contributed by atoms with Crippen molar-refractivity contribution in [2.75, 3.05) is 25.1 Å². The van der Waals surface area contributed by atoms with E-state index < -0.39 is 22.0 Å². The highest BCUT2D eigenvalue weighted by Gasteiger charge is 2.17. The third-order valence-electron chi connectivity index (χ3n) is 6.58. The summed E-state index contributed by atoms with van der Waals surface area (Å²) < 4.78 is 49.9. The number of ether oxygens (including phenoxy) is 1. The Hall–Kier alpha value is -4.32. The molecule has 0 aliphatic carbocycles. The van der Waals surface area contributed by atoms with Crippen LogP contribution in [0.25, 0.3) is 11.3 Å². The van der Waals surface area contributed by atoms with E-state index >= 15 is 4.39 Å². The Morgan fingerprint density at radius 2 is 1.84 bits per heavy atom. The van der Waals surface area contributed by atoms with Crippen LogP contribution in [-0.2, 0) is 25.5 Å². The molecule has 0 aliphatic heterocycles. The zero-order chi connectivity index (χ0) is 31.7. The second-order valence-corrected chi connectivity index (χ2v) is 12.0. The van der Waals surface area contributed by atoms with Gasteiger partial charge in [-0.05, 0) is 54.8 Å². The zero-order valence-electron chi connectivity index (χ0n) is 24.2. The Labute approximate surface area is 261 Å². The highest BCUT2D eigenvalue weighted by atomic mass is 35.5. The van der Waals surface area contributed by atoms with Crippen molar-refractivity contribution in [3.05, 3.63) is 113 Å². The third kappa shape index (κ3) is 8.85. The number of amides is 1. The fourth-order valence-corrected chi connectivity index (χ4v) is 5.27. The van der Waals surface area contributed by atoms with Gasteiger partial charge in [-0.3, -0.25) is 4.18 Å². The number of hydrogen-bond donors (Lipinski definition) is 2. The first-order chi connectivity index (χ1) is 21.1. The van der Waals surface area contributed by atoms with Gasteiger partial charge in [-0.15, -0.1) is 0 Å². The summed E-state index contributed by atoms with van der Waals surface area (Å²) in [5.41, 5.74) is 3.74. The van der Waals surface area contributed by atoms with E-state index in [1.165, 1.54) is 30.5 Å². The van der Waals surface area contributed by atoms with Crippen molar-refractivity contribution in [1.29, 1.82) is 0 Å². The normalized spacial score (nSPS) is 11.9. The van der Waals surface area contributed by atoms with Gasteiger partial charge in [0.15, 0.2) is 0 Å². The number of aromatic nitrogens is 2. The molecule has 230 valence electrons. The molecule has 0 saturated carbocycles. The number of anilines is 2. The molecule has 2 N–H and O–H groups in total. The van der Waals surface area contributed by atoms with Crippen LogP contribution in [-0.4, -0.2) is 44.2 Å². The molecule has 4 rings (SSSR count). The summed E-state index contributed by atoms with van der Waals surface area (Å²) in [6.45, 7) is 7.43. The average Bonchev–Trinajstić information content (AvgIpc) is 3.00. The number of nitrogens with one attached hydrogen (secondary N) is 2. The summed E-state index contributed by atoms with van der Waals surface area (Å²) in [4.78, 5) is 20.5. The largest absolute Gasteiger partial charge is 0.445 e. The van der Waals surface area contributed by atoms with Crippen molar-refractivity contribution in [2.24, 2.45) is 0 Å². The standard InChI is InChI=1S/C32H32ClFN4O5S/c1-4-16-42-32(39)36-19-22(3)27-14-9-24(18-29(27)34)30-28(33)20-35-31(38-30)37-25-10-7-23(8-11-25)15-17-43-44(40,41)26-12-5-21(2)6-13-26/h4-14,18,20,22H,1,15-17,19H2,2-3H3,(H,36,39)(H,35,37,38). The maximum atomic E-state index is 15.1. The minimum absolute atomic E-state index is 0.000444. The number of carbonyl (C=O) groups excluding carboxylic acids is 1. The first kappa shape index (κ1) is 32.6. The van der Waals surface area contributed by atoms with E-state index in [4.69, 9.17) is 20.5 Å². The van der Waals surface area contributed by atoms with E-state index in [1.807, 2.05) is 19.1 Å². The van der Waals surface area contributed by atoms with Crippen molar-refractivity contribution in [3.8, 4) is 11.3 Å². The molecule has 9 nitrogen and oxygen atoms in total. The topological polar surface area (TPSA) is 120 Å². The average molecular weight is 639 g/mol. The lowest BCUT2D eigenvalue weighted by Gasteiger charge is -2.15. The van der Waals surface area contributed by atoms with Gasteiger partial charge < -0.3 is 15.4 Å². The number of rotatable bonds is 13. The molecule has 1 atom stereocenters. The lowest BCUT2D eigenvalue weighted by Crippen LogP contribution is -2.28. The SMILES string of the molecule is C=CCOC(=O)NCC(C)c1ccc(-c2nc(Nc3ccc(CCOS(=O)(=O)c4ccc(C)cc4)cc3)ncc2Cl)cc1F. The van der Waals surface area contributed by atoms with Gasteiger partial charge in [0, 0.05) is 23.7 Å². The van der Waals surface area contributed by atoms with Gasteiger partial charge >= 0.3 is 6.09 Å². The molecule has 1 heterocycles. The first-order valence-electron chi connectivity index (χ1n) is 13.7. The maximum absolute atomic E-state index is 15.1. The Balaban J connectivity index is 1.36. The van der Waals surface area contributed by atoms with Crippen LogP contribution >= 0.6 is 11.6 Å². The molecule has 4 aromatic rings. The van der Waals surface area contributed by atoms with E-state index in [1.54, 1.807) is 43.3 Å². The Bertz CT molecular complexity index is 1720. The van der Waals surface area contributed by atoms with Gasteiger partial charge in [0.25, 0.3) is 10.1 Å². The summed E-state index contributed by atoms with van der Waals surface area (Å²) in [6.07, 6.45) is 2.68. The van der Waals surface area contributed by atoms with Crippen molar-refractivity contribution < 1.29 is 26.5 Å². The van der Waals surface area contributed by atoms with Crippen LogP contribution in [0.1, 0.15) is 29.5 Å². The van der Waals surface area contributed by atoms with Crippen LogP contribution in [0.4, 0.5) is 20.8 Å². The van der Waals surface area contributed by atoms with Crippen LogP contribution in [0.2, 0.25) is 5.02 Å². The van der Waals surface area contributed by atoms with Crippen molar-refractivity contribution in [1.82, 2.24) is 15.3 Å². The number of carbonyl (C=O) groups is 1.